The Bertz CT molecular complexity index is 314. The SMILES string of the molecule is COc1ccc(Cl)cc1C(=O)[O-].[Na+]. The minimum Gasteiger partial charge on any atom is -0.545 e. The maximum atomic E-state index is 10.5. The number of hydrogen-bond donors (Lipinski definition) is 0. The number of carbonyl (C=O) groups is 1. The topological polar surface area (TPSA) is 49.4 Å². The normalized spacial score (nSPS) is 8.77. The second-order valence-corrected chi connectivity index (χ2v) is 2.57. The van der Waals surface area contributed by atoms with E-state index in [9.17, 15) is 9.90 Å². The molecule has 0 spiro atoms. The predicted molar refractivity (Wildman–Crippen MR) is 42.3 cm³/mol. The molecule has 1 aromatic rings. The number of carboxylic acids is 1. The van der Waals surface area contributed by atoms with Gasteiger partial charge in [0.2, 0.25) is 0 Å². The van der Waals surface area contributed by atoms with E-state index >= 15 is 0 Å². The minimum absolute atomic E-state index is 0. The molecule has 0 heterocycles. The van der Waals surface area contributed by atoms with Gasteiger partial charge < -0.3 is 14.6 Å². The van der Waals surface area contributed by atoms with Gasteiger partial charge in [0.25, 0.3) is 0 Å². The second kappa shape index (κ2) is 5.50. The number of carboxylic acid groups (broad SMARTS) is 1. The van der Waals surface area contributed by atoms with Crippen LogP contribution in [0.2, 0.25) is 5.02 Å². The monoisotopic (exact) mass is 208 g/mol. The number of benzene rings is 1. The van der Waals surface area contributed by atoms with E-state index in [1.807, 2.05) is 0 Å². The van der Waals surface area contributed by atoms with Crippen LogP contribution in [0.1, 0.15) is 10.4 Å². The van der Waals surface area contributed by atoms with Crippen molar-refractivity contribution in [1.82, 2.24) is 0 Å². The second-order valence-electron chi connectivity index (χ2n) is 2.13. The van der Waals surface area contributed by atoms with Crippen LogP contribution >= 0.6 is 11.6 Å². The zero-order chi connectivity index (χ0) is 9.14. The summed E-state index contributed by atoms with van der Waals surface area (Å²) in [5, 5.41) is 10.8. The Labute approximate surface area is 103 Å². The van der Waals surface area contributed by atoms with Crippen LogP contribution in [0.4, 0.5) is 0 Å². The van der Waals surface area contributed by atoms with Gasteiger partial charge in [0.1, 0.15) is 5.75 Å². The predicted octanol–water partition coefficient (Wildman–Crippen LogP) is -2.28. The van der Waals surface area contributed by atoms with Crippen LogP contribution < -0.4 is 39.4 Å². The largest absolute Gasteiger partial charge is 1.00 e. The Balaban J connectivity index is 0.00000144. The van der Waals surface area contributed by atoms with Gasteiger partial charge >= 0.3 is 29.6 Å². The summed E-state index contributed by atoms with van der Waals surface area (Å²) in [5.74, 6) is -1.05. The fraction of sp³-hybridized carbons (Fsp3) is 0.125. The summed E-state index contributed by atoms with van der Waals surface area (Å²) in [6.45, 7) is 0. The Morgan fingerprint density at radius 1 is 1.54 bits per heavy atom. The Kier molecular flexibility index (Phi) is 5.40. The van der Waals surface area contributed by atoms with E-state index in [2.05, 4.69) is 0 Å². The van der Waals surface area contributed by atoms with Crippen molar-refractivity contribution in [1.29, 1.82) is 0 Å². The summed E-state index contributed by atoms with van der Waals surface area (Å²) >= 11 is 5.57. The molecular weight excluding hydrogens is 203 g/mol. The van der Waals surface area contributed by atoms with E-state index in [1.165, 1.54) is 19.2 Å². The maximum Gasteiger partial charge on any atom is 1.00 e. The fourth-order valence-electron chi connectivity index (χ4n) is 0.840. The first kappa shape index (κ1) is 12.8. The molecule has 3 nitrogen and oxygen atoms in total. The molecule has 13 heavy (non-hydrogen) atoms. The number of rotatable bonds is 2. The molecule has 0 atom stereocenters. The molecule has 0 bridgehead atoms. The van der Waals surface area contributed by atoms with E-state index in [1.54, 1.807) is 6.07 Å². The molecule has 0 radical (unpaired) electrons. The third-order valence-electron chi connectivity index (χ3n) is 1.38. The average Bonchev–Trinajstić information content (AvgIpc) is 2.04. The van der Waals surface area contributed by atoms with Crippen molar-refractivity contribution >= 4 is 17.6 Å². The molecule has 1 aromatic carbocycles. The van der Waals surface area contributed by atoms with Crippen molar-refractivity contribution < 1.29 is 44.2 Å². The van der Waals surface area contributed by atoms with E-state index in [0.29, 0.717) is 5.02 Å². The van der Waals surface area contributed by atoms with Crippen LogP contribution in [0, 0.1) is 0 Å². The smallest absolute Gasteiger partial charge is 0.545 e. The standard InChI is InChI=1S/C8H7ClO3.Na/c1-12-7-3-2-5(9)4-6(7)8(10)11;/h2-4H,1H3,(H,10,11);/q;+1/p-1. The van der Waals surface area contributed by atoms with Gasteiger partial charge in [-0.1, -0.05) is 11.6 Å². The van der Waals surface area contributed by atoms with Gasteiger partial charge in [0, 0.05) is 10.6 Å². The van der Waals surface area contributed by atoms with Gasteiger partial charge in [-0.3, -0.25) is 0 Å². The van der Waals surface area contributed by atoms with Gasteiger partial charge in [-0.15, -0.1) is 0 Å². The summed E-state index contributed by atoms with van der Waals surface area (Å²) in [5.41, 5.74) is -0.0370. The first-order valence-electron chi connectivity index (χ1n) is 3.20. The molecule has 0 amide bonds. The third-order valence-corrected chi connectivity index (χ3v) is 1.62. The minimum atomic E-state index is -1.30. The van der Waals surface area contributed by atoms with Crippen LogP contribution in [0.25, 0.3) is 0 Å². The van der Waals surface area contributed by atoms with Gasteiger partial charge in [-0.25, -0.2) is 0 Å². The Morgan fingerprint density at radius 2 is 2.15 bits per heavy atom. The average molecular weight is 209 g/mol. The van der Waals surface area contributed by atoms with Crippen molar-refractivity contribution in [3.05, 3.63) is 28.8 Å². The number of methoxy groups -OCH3 is 1. The molecule has 0 aliphatic carbocycles. The summed E-state index contributed by atoms with van der Waals surface area (Å²) in [4.78, 5) is 10.5. The number of halogens is 1. The molecular formula is C8H6ClNaO3. The van der Waals surface area contributed by atoms with Crippen LogP contribution in [0.5, 0.6) is 5.75 Å². The molecule has 0 aliphatic rings. The zero-order valence-corrected chi connectivity index (χ0v) is 10.1. The first-order valence-corrected chi connectivity index (χ1v) is 3.58. The number of carbonyl (C=O) groups excluding carboxylic acids is 1. The molecule has 0 saturated heterocycles. The summed E-state index contributed by atoms with van der Waals surface area (Å²) in [7, 11) is 1.38. The molecule has 0 saturated carbocycles. The maximum absolute atomic E-state index is 10.5. The summed E-state index contributed by atoms with van der Waals surface area (Å²) < 4.78 is 4.78. The van der Waals surface area contributed by atoms with Crippen LogP contribution in [0.3, 0.4) is 0 Å². The molecule has 0 N–H and O–H groups in total. The van der Waals surface area contributed by atoms with Gasteiger partial charge in [0.15, 0.2) is 0 Å². The van der Waals surface area contributed by atoms with E-state index in [4.69, 9.17) is 16.3 Å². The van der Waals surface area contributed by atoms with Gasteiger partial charge in [0.05, 0.1) is 13.1 Å². The van der Waals surface area contributed by atoms with Crippen LogP contribution in [0.15, 0.2) is 18.2 Å². The van der Waals surface area contributed by atoms with Crippen molar-refractivity contribution in [2.75, 3.05) is 7.11 Å². The van der Waals surface area contributed by atoms with Crippen molar-refractivity contribution in [2.24, 2.45) is 0 Å². The molecule has 0 unspecified atom stereocenters. The number of aromatic carboxylic acids is 1. The van der Waals surface area contributed by atoms with Crippen molar-refractivity contribution in [3.63, 3.8) is 0 Å². The summed E-state index contributed by atoms with van der Waals surface area (Å²) in [6.07, 6.45) is 0. The Hall–Kier alpha value is -0.220. The number of ether oxygens (including phenoxy) is 1. The molecule has 1 rings (SSSR count). The first-order chi connectivity index (χ1) is 5.65. The van der Waals surface area contributed by atoms with Crippen molar-refractivity contribution in [3.8, 4) is 5.75 Å². The zero-order valence-electron chi connectivity index (χ0n) is 7.33. The molecule has 64 valence electrons. The molecule has 0 aromatic heterocycles. The van der Waals surface area contributed by atoms with Crippen LogP contribution in [-0.2, 0) is 0 Å². The van der Waals surface area contributed by atoms with E-state index in [-0.39, 0.29) is 40.9 Å². The molecule has 0 fully saturated rings. The van der Waals surface area contributed by atoms with Gasteiger partial charge in [-0.2, -0.15) is 0 Å². The van der Waals surface area contributed by atoms with E-state index in [0.717, 1.165) is 0 Å². The fourth-order valence-corrected chi connectivity index (χ4v) is 1.01. The molecule has 5 heteroatoms. The van der Waals surface area contributed by atoms with Crippen LogP contribution in [-0.4, -0.2) is 13.1 Å². The van der Waals surface area contributed by atoms with Crippen molar-refractivity contribution in [2.45, 2.75) is 0 Å². The van der Waals surface area contributed by atoms with E-state index < -0.39 is 5.97 Å². The third kappa shape index (κ3) is 3.19. The summed E-state index contributed by atoms with van der Waals surface area (Å²) in [6, 6.07) is 4.32. The molecule has 0 aliphatic heterocycles. The Morgan fingerprint density at radius 3 is 2.62 bits per heavy atom. The van der Waals surface area contributed by atoms with Gasteiger partial charge in [-0.05, 0) is 18.2 Å². The number of hydrogen-bond acceptors (Lipinski definition) is 3. The quantitative estimate of drug-likeness (QED) is 0.515.